The zero-order chi connectivity index (χ0) is 23.3. The summed E-state index contributed by atoms with van der Waals surface area (Å²) in [7, 11) is 0. The van der Waals surface area contributed by atoms with Crippen molar-refractivity contribution in [3.8, 4) is 0 Å². The maximum Gasteiger partial charge on any atom is 0.271 e. The van der Waals surface area contributed by atoms with Gasteiger partial charge in [0.05, 0.1) is 22.3 Å². The molecule has 0 N–H and O–H groups in total. The van der Waals surface area contributed by atoms with Gasteiger partial charge in [-0.2, -0.15) is 0 Å². The Hall–Kier alpha value is -3.46. The van der Waals surface area contributed by atoms with E-state index in [0.29, 0.717) is 27.0 Å². The van der Waals surface area contributed by atoms with Crippen LogP contribution in [-0.2, 0) is 14.4 Å². The largest absolute Gasteiger partial charge is 0.273 e. The fourth-order valence-corrected chi connectivity index (χ4v) is 4.63. The van der Waals surface area contributed by atoms with E-state index in [4.69, 9.17) is 28.0 Å². The summed E-state index contributed by atoms with van der Waals surface area (Å²) in [6.07, 6.45) is -1.12. The molecule has 0 unspecified atom stereocenters. The van der Waals surface area contributed by atoms with E-state index in [1.807, 2.05) is 0 Å². The summed E-state index contributed by atoms with van der Waals surface area (Å²) in [6.45, 7) is 0. The quantitative estimate of drug-likeness (QED) is 0.296. The molecule has 3 atom stereocenters. The molecule has 0 saturated carbocycles. The first kappa shape index (κ1) is 21.4. The maximum atomic E-state index is 13.5. The molecular weight excluding hydrogens is 469 g/mol. The molecule has 0 aliphatic carbocycles. The Morgan fingerprint density at radius 3 is 2.30 bits per heavy atom. The van der Waals surface area contributed by atoms with Crippen LogP contribution in [0.15, 0.2) is 72.8 Å². The van der Waals surface area contributed by atoms with Crippen molar-refractivity contribution in [2.45, 2.75) is 12.1 Å². The Morgan fingerprint density at radius 1 is 0.879 bits per heavy atom. The summed E-state index contributed by atoms with van der Waals surface area (Å²) < 4.78 is 0. The van der Waals surface area contributed by atoms with Gasteiger partial charge in [-0.25, -0.2) is 9.96 Å². The summed E-state index contributed by atoms with van der Waals surface area (Å²) in [5, 5.41) is 13.5. The van der Waals surface area contributed by atoms with Crippen LogP contribution >= 0.6 is 23.2 Å². The van der Waals surface area contributed by atoms with Gasteiger partial charge in [0.1, 0.15) is 5.92 Å². The fraction of sp³-hybridized carbons (Fsp3) is 0.130. The van der Waals surface area contributed by atoms with Crippen LogP contribution < -0.4 is 9.96 Å². The van der Waals surface area contributed by atoms with Crippen LogP contribution in [0.4, 0.5) is 17.1 Å². The lowest BCUT2D eigenvalue weighted by atomic mass is 9.90. The van der Waals surface area contributed by atoms with Gasteiger partial charge in [0.15, 0.2) is 6.10 Å². The van der Waals surface area contributed by atoms with Crippen LogP contribution in [0.3, 0.4) is 0 Å². The second-order valence-electron chi connectivity index (χ2n) is 7.61. The Labute approximate surface area is 198 Å². The Kier molecular flexibility index (Phi) is 5.28. The molecule has 3 aromatic carbocycles. The van der Waals surface area contributed by atoms with Crippen molar-refractivity contribution in [3.05, 3.63) is 98.5 Å². The van der Waals surface area contributed by atoms with E-state index < -0.39 is 34.8 Å². The zero-order valence-corrected chi connectivity index (χ0v) is 18.3. The van der Waals surface area contributed by atoms with Crippen LogP contribution in [-0.4, -0.2) is 22.8 Å². The number of fused-ring (bicyclic) bond motifs is 1. The Morgan fingerprint density at radius 2 is 1.61 bits per heavy atom. The number of halogens is 2. The molecule has 2 fully saturated rings. The fourth-order valence-electron chi connectivity index (χ4n) is 4.26. The number of nitrogens with zero attached hydrogens (tertiary/aromatic N) is 3. The van der Waals surface area contributed by atoms with Crippen molar-refractivity contribution < 1.29 is 19.3 Å². The third-order valence-corrected chi connectivity index (χ3v) is 6.32. The molecule has 3 aromatic rings. The highest BCUT2D eigenvalue weighted by Crippen LogP contribution is 2.49. The minimum Gasteiger partial charge on any atom is -0.273 e. The number of non-ortho nitro benzene ring substituents is 1. The number of carbonyl (C=O) groups is 2. The number of benzene rings is 3. The van der Waals surface area contributed by atoms with Gasteiger partial charge in [-0.1, -0.05) is 47.5 Å². The van der Waals surface area contributed by atoms with Crippen molar-refractivity contribution >= 4 is 52.1 Å². The molecule has 10 heteroatoms. The highest BCUT2D eigenvalue weighted by molar-refractivity contribution is 6.32. The summed E-state index contributed by atoms with van der Waals surface area (Å²) in [4.78, 5) is 44.7. The summed E-state index contributed by atoms with van der Waals surface area (Å²) >= 11 is 12.4. The summed E-state index contributed by atoms with van der Waals surface area (Å²) in [5.74, 6) is -1.89. The highest BCUT2D eigenvalue weighted by Gasteiger charge is 2.60. The molecule has 166 valence electrons. The number of hydrogen-bond acceptors (Lipinski definition) is 6. The second-order valence-corrected chi connectivity index (χ2v) is 8.45. The predicted octanol–water partition coefficient (Wildman–Crippen LogP) is 4.95. The van der Waals surface area contributed by atoms with Gasteiger partial charge in [0, 0.05) is 22.2 Å². The van der Waals surface area contributed by atoms with Gasteiger partial charge in [-0.15, -0.1) is 0 Å². The van der Waals surface area contributed by atoms with E-state index in [0.717, 1.165) is 4.90 Å². The maximum absolute atomic E-state index is 13.5. The lowest BCUT2D eigenvalue weighted by Gasteiger charge is -2.29. The number of imide groups is 1. The van der Waals surface area contributed by atoms with Crippen LogP contribution in [0.25, 0.3) is 0 Å². The van der Waals surface area contributed by atoms with Crippen LogP contribution in [0, 0.1) is 16.0 Å². The second kappa shape index (κ2) is 8.15. The first-order chi connectivity index (χ1) is 15.9. The third kappa shape index (κ3) is 3.52. The Bertz CT molecular complexity index is 1280. The molecule has 2 saturated heterocycles. The molecule has 5 rings (SSSR count). The molecular formula is C23H15Cl2N3O5. The lowest BCUT2D eigenvalue weighted by Crippen LogP contribution is -2.37. The Balaban J connectivity index is 1.61. The molecule has 0 radical (unpaired) electrons. The van der Waals surface area contributed by atoms with E-state index in [1.54, 1.807) is 54.6 Å². The molecule has 33 heavy (non-hydrogen) atoms. The first-order valence-electron chi connectivity index (χ1n) is 9.95. The molecule has 2 amide bonds. The van der Waals surface area contributed by atoms with Gasteiger partial charge in [-0.05, 0) is 42.0 Å². The van der Waals surface area contributed by atoms with Crippen LogP contribution in [0.2, 0.25) is 10.0 Å². The van der Waals surface area contributed by atoms with E-state index in [2.05, 4.69) is 0 Å². The van der Waals surface area contributed by atoms with Crippen LogP contribution in [0.5, 0.6) is 0 Å². The topological polar surface area (TPSA) is 93.0 Å². The number of amides is 2. The number of rotatable bonds is 4. The van der Waals surface area contributed by atoms with E-state index >= 15 is 0 Å². The molecule has 2 aliphatic heterocycles. The van der Waals surface area contributed by atoms with Crippen molar-refractivity contribution in [2.75, 3.05) is 9.96 Å². The number of nitro benzene ring substituents is 1. The number of carbonyl (C=O) groups excluding carboxylic acids is 2. The van der Waals surface area contributed by atoms with E-state index in [1.165, 1.54) is 23.3 Å². The number of anilines is 2. The molecule has 2 aliphatic rings. The number of hydroxylamine groups is 1. The molecule has 0 aromatic heterocycles. The smallest absolute Gasteiger partial charge is 0.271 e. The average molecular weight is 484 g/mol. The monoisotopic (exact) mass is 483 g/mol. The van der Waals surface area contributed by atoms with E-state index in [-0.39, 0.29) is 5.69 Å². The summed E-state index contributed by atoms with van der Waals surface area (Å²) in [5.41, 5.74) is 1.14. The zero-order valence-electron chi connectivity index (χ0n) is 16.8. The van der Waals surface area contributed by atoms with Gasteiger partial charge in [0.2, 0.25) is 5.91 Å². The molecule has 8 nitrogen and oxygen atoms in total. The average Bonchev–Trinajstić information content (AvgIpc) is 3.31. The van der Waals surface area contributed by atoms with Gasteiger partial charge < -0.3 is 0 Å². The van der Waals surface area contributed by atoms with Gasteiger partial charge in [0.25, 0.3) is 11.6 Å². The van der Waals surface area contributed by atoms with E-state index in [9.17, 15) is 19.7 Å². The predicted molar refractivity (Wildman–Crippen MR) is 122 cm³/mol. The molecule has 2 heterocycles. The standard InChI is InChI=1S/C23H15Cl2N3O5/c24-13-8-10-14(11-9-13)26-22(29)19-20(17-6-1-2-7-18(17)25)27(33-21(19)23(26)30)15-4-3-5-16(12-15)28(31)32/h1-12,19-21H/t19-,20-,21+/m1/s1. The van der Waals surface area contributed by atoms with Crippen molar-refractivity contribution in [3.63, 3.8) is 0 Å². The number of nitro groups is 1. The minimum absolute atomic E-state index is 0.147. The van der Waals surface area contributed by atoms with Gasteiger partial charge >= 0.3 is 0 Å². The third-order valence-electron chi connectivity index (χ3n) is 5.72. The lowest BCUT2D eigenvalue weighted by molar-refractivity contribution is -0.384. The number of hydrogen-bond donors (Lipinski definition) is 0. The van der Waals surface area contributed by atoms with Crippen molar-refractivity contribution in [1.29, 1.82) is 0 Å². The normalized spacial score (nSPS) is 22.1. The van der Waals surface area contributed by atoms with Crippen LogP contribution in [0.1, 0.15) is 11.6 Å². The highest BCUT2D eigenvalue weighted by atomic mass is 35.5. The SMILES string of the molecule is O=C1[C@H]2[C@H](ON(c3cccc([N+](=O)[O-])c3)[C@@H]2c2ccccc2Cl)C(=O)N1c1ccc(Cl)cc1. The molecule has 0 spiro atoms. The minimum atomic E-state index is -1.12. The first-order valence-corrected chi connectivity index (χ1v) is 10.7. The summed E-state index contributed by atoms with van der Waals surface area (Å²) in [6, 6.07) is 18.3. The molecule has 0 bridgehead atoms. The van der Waals surface area contributed by atoms with Crippen molar-refractivity contribution in [1.82, 2.24) is 0 Å². The van der Waals surface area contributed by atoms with Crippen molar-refractivity contribution in [2.24, 2.45) is 5.92 Å². The van der Waals surface area contributed by atoms with Gasteiger partial charge in [-0.3, -0.25) is 24.5 Å².